The van der Waals surface area contributed by atoms with E-state index in [2.05, 4.69) is 22.1 Å². The first-order valence-corrected chi connectivity index (χ1v) is 18.6. The quantitative estimate of drug-likeness (QED) is 0.208. The lowest BCUT2D eigenvalue weighted by molar-refractivity contribution is -0.155. The molecule has 3 amide bonds. The number of amides is 3. The van der Waals surface area contributed by atoms with Crippen molar-refractivity contribution in [1.29, 1.82) is 0 Å². The van der Waals surface area contributed by atoms with Crippen LogP contribution in [-0.2, 0) is 23.9 Å². The molecule has 53 heavy (non-hydrogen) atoms. The summed E-state index contributed by atoms with van der Waals surface area (Å²) in [6.45, 7) is 12.5. The van der Waals surface area contributed by atoms with Crippen LogP contribution in [0.4, 0.5) is 9.18 Å². The number of carbonyl (C=O) groups is 4. The van der Waals surface area contributed by atoms with E-state index in [0.29, 0.717) is 68.2 Å². The molecule has 0 radical (unpaired) electrons. The summed E-state index contributed by atoms with van der Waals surface area (Å²) in [6.07, 6.45) is 6.91. The van der Waals surface area contributed by atoms with Crippen LogP contribution in [0.1, 0.15) is 109 Å². The molecule has 1 aromatic heterocycles. The fourth-order valence-corrected chi connectivity index (χ4v) is 6.38. The largest absolute Gasteiger partial charge is 0.491 e. The third kappa shape index (κ3) is 14.0. The van der Waals surface area contributed by atoms with Crippen LogP contribution in [0.2, 0.25) is 0 Å². The molecule has 2 aliphatic heterocycles. The zero-order valence-corrected chi connectivity index (χ0v) is 32.0. The van der Waals surface area contributed by atoms with Gasteiger partial charge in [-0.15, -0.1) is 0 Å². The lowest BCUT2D eigenvalue weighted by Crippen LogP contribution is -2.46. The molecule has 12 heteroatoms. The molecule has 0 aliphatic carbocycles. The van der Waals surface area contributed by atoms with E-state index < -0.39 is 35.8 Å². The number of likely N-dealkylation sites (tertiary alicyclic amines) is 2. The number of nitrogens with one attached hydrogen (secondary N) is 1. The van der Waals surface area contributed by atoms with Gasteiger partial charge in [0, 0.05) is 56.1 Å². The van der Waals surface area contributed by atoms with Crippen LogP contribution in [-0.4, -0.2) is 89.3 Å². The zero-order valence-electron chi connectivity index (χ0n) is 32.0. The minimum absolute atomic E-state index is 0.0118. The summed E-state index contributed by atoms with van der Waals surface area (Å²) in [5, 5.41) is 3.07. The van der Waals surface area contributed by atoms with Gasteiger partial charge in [-0.05, 0) is 115 Å². The maximum atomic E-state index is 13.8. The second-order valence-electron chi connectivity index (χ2n) is 15.8. The number of carbonyl (C=O) groups excluding carboxylic acids is 4. The lowest BCUT2D eigenvalue weighted by atomic mass is 9.91. The van der Waals surface area contributed by atoms with Gasteiger partial charge in [-0.3, -0.25) is 19.4 Å². The number of aromatic nitrogens is 1. The number of ether oxygens (including phenoxy) is 3. The number of hydrogen-bond donors (Lipinski definition) is 1. The number of halogens is 1. The van der Waals surface area contributed by atoms with E-state index in [1.807, 2.05) is 20.8 Å². The maximum absolute atomic E-state index is 13.8. The van der Waals surface area contributed by atoms with Crippen molar-refractivity contribution in [2.45, 2.75) is 104 Å². The van der Waals surface area contributed by atoms with E-state index in [4.69, 9.17) is 14.2 Å². The van der Waals surface area contributed by atoms with Crippen LogP contribution in [0, 0.1) is 23.7 Å². The lowest BCUT2D eigenvalue weighted by Gasteiger charge is -2.35. The summed E-state index contributed by atoms with van der Waals surface area (Å²) in [6, 6.07) is 8.07. The third-order valence-electron chi connectivity index (χ3n) is 9.00. The van der Waals surface area contributed by atoms with Crippen LogP contribution >= 0.6 is 0 Å². The Labute approximate surface area is 313 Å². The molecule has 2 aliphatic rings. The van der Waals surface area contributed by atoms with E-state index in [9.17, 15) is 23.6 Å². The normalized spacial score (nSPS) is 17.2. The number of esters is 1. The molecule has 3 heterocycles. The Morgan fingerprint density at radius 2 is 1.58 bits per heavy atom. The molecular formula is C41H55FN4O7. The van der Waals surface area contributed by atoms with Crippen molar-refractivity contribution in [3.05, 3.63) is 59.4 Å². The average molecular weight is 735 g/mol. The van der Waals surface area contributed by atoms with Gasteiger partial charge in [-0.2, -0.15) is 0 Å². The molecule has 1 N–H and O–H groups in total. The summed E-state index contributed by atoms with van der Waals surface area (Å²) in [7, 11) is 0. The van der Waals surface area contributed by atoms with Crippen molar-refractivity contribution in [3.8, 4) is 17.6 Å². The Morgan fingerprint density at radius 3 is 2.25 bits per heavy atom. The van der Waals surface area contributed by atoms with Crippen molar-refractivity contribution < 1.29 is 37.8 Å². The summed E-state index contributed by atoms with van der Waals surface area (Å²) in [5.74, 6) is 5.95. The molecule has 2 atom stereocenters. The van der Waals surface area contributed by atoms with E-state index in [1.165, 1.54) is 0 Å². The molecule has 0 spiro atoms. The summed E-state index contributed by atoms with van der Waals surface area (Å²) >= 11 is 0. The van der Waals surface area contributed by atoms with E-state index >= 15 is 0 Å². The highest BCUT2D eigenvalue weighted by Crippen LogP contribution is 2.26. The van der Waals surface area contributed by atoms with Crippen LogP contribution in [0.3, 0.4) is 0 Å². The number of benzene rings is 1. The van der Waals surface area contributed by atoms with Gasteiger partial charge in [0.1, 0.15) is 30.2 Å². The third-order valence-corrected chi connectivity index (χ3v) is 9.00. The second-order valence-corrected chi connectivity index (χ2v) is 15.8. The monoisotopic (exact) mass is 734 g/mol. The smallest absolute Gasteiger partial charge is 0.410 e. The second kappa shape index (κ2) is 18.9. The molecule has 2 unspecified atom stereocenters. The van der Waals surface area contributed by atoms with Crippen LogP contribution in [0.25, 0.3) is 0 Å². The van der Waals surface area contributed by atoms with Gasteiger partial charge in [0.25, 0.3) is 0 Å². The Kier molecular flexibility index (Phi) is 14.7. The number of rotatable bonds is 11. The topological polar surface area (TPSA) is 127 Å². The molecule has 2 saturated heterocycles. The van der Waals surface area contributed by atoms with Crippen molar-refractivity contribution >= 4 is 23.9 Å². The van der Waals surface area contributed by atoms with Crippen molar-refractivity contribution in [2.75, 3.05) is 39.5 Å². The first-order valence-electron chi connectivity index (χ1n) is 18.6. The number of alkyl halides is 1. The van der Waals surface area contributed by atoms with Gasteiger partial charge in [0.2, 0.25) is 11.8 Å². The van der Waals surface area contributed by atoms with Crippen LogP contribution in [0.5, 0.6) is 5.75 Å². The van der Waals surface area contributed by atoms with Crippen molar-refractivity contribution in [1.82, 2.24) is 20.1 Å². The van der Waals surface area contributed by atoms with Gasteiger partial charge in [-0.25, -0.2) is 9.18 Å². The highest BCUT2D eigenvalue weighted by atomic mass is 19.1. The van der Waals surface area contributed by atoms with Gasteiger partial charge in [0.05, 0.1) is 18.4 Å². The molecule has 2 fully saturated rings. The molecule has 4 rings (SSSR count). The predicted octanol–water partition coefficient (Wildman–Crippen LogP) is 6.38. The molecule has 2 aromatic rings. The summed E-state index contributed by atoms with van der Waals surface area (Å²) in [5.41, 5.74) is 0.677. The summed E-state index contributed by atoms with van der Waals surface area (Å²) < 4.78 is 28.8. The molecule has 1 aromatic carbocycles. The number of piperidine rings is 2. The van der Waals surface area contributed by atoms with Crippen LogP contribution in [0.15, 0.2) is 42.7 Å². The molecule has 11 nitrogen and oxygen atoms in total. The fourth-order valence-electron chi connectivity index (χ4n) is 6.38. The minimum Gasteiger partial charge on any atom is -0.491 e. The predicted molar refractivity (Wildman–Crippen MR) is 199 cm³/mol. The van der Waals surface area contributed by atoms with Gasteiger partial charge in [-0.1, -0.05) is 11.8 Å². The SMILES string of the molecule is CC(C)(C)OC(=O)CC(NC(=O)C1CCCN(C(=O)CCC2CCN(C(=O)OC(C)(C)C)CC2)C1)c1cncc(C#Cc2ccc(OCCF)cc2)c1. The van der Waals surface area contributed by atoms with E-state index in [-0.39, 0.29) is 30.9 Å². The van der Waals surface area contributed by atoms with Gasteiger partial charge >= 0.3 is 12.1 Å². The highest BCUT2D eigenvalue weighted by molar-refractivity contribution is 5.82. The molecular weight excluding hydrogens is 679 g/mol. The minimum atomic E-state index is -0.726. The van der Waals surface area contributed by atoms with Gasteiger partial charge in [0.15, 0.2) is 0 Å². The number of hydrogen-bond acceptors (Lipinski definition) is 8. The van der Waals surface area contributed by atoms with Crippen molar-refractivity contribution in [2.24, 2.45) is 11.8 Å². The highest BCUT2D eigenvalue weighted by Gasteiger charge is 2.32. The molecule has 0 bridgehead atoms. The fraction of sp³-hybridized carbons (Fsp3) is 0.585. The Bertz CT molecular complexity index is 1620. The van der Waals surface area contributed by atoms with E-state index in [0.717, 1.165) is 24.8 Å². The Hall–Kier alpha value is -4.66. The Balaban J connectivity index is 1.36. The molecule has 0 saturated carbocycles. The number of pyridine rings is 1. The van der Waals surface area contributed by atoms with Crippen LogP contribution < -0.4 is 10.1 Å². The average Bonchev–Trinajstić information content (AvgIpc) is 3.11. The van der Waals surface area contributed by atoms with Crippen molar-refractivity contribution in [3.63, 3.8) is 0 Å². The summed E-state index contributed by atoms with van der Waals surface area (Å²) in [4.78, 5) is 60.4. The zero-order chi connectivity index (χ0) is 38.6. The van der Waals surface area contributed by atoms with E-state index in [1.54, 1.807) is 73.3 Å². The maximum Gasteiger partial charge on any atom is 0.410 e. The van der Waals surface area contributed by atoms with Gasteiger partial charge < -0.3 is 29.3 Å². The Morgan fingerprint density at radius 1 is 0.906 bits per heavy atom. The first-order chi connectivity index (χ1) is 25.1. The molecule has 288 valence electrons. The first kappa shape index (κ1) is 41.1. The standard InChI is InChI=1S/C41H55FN4O7/c1-40(2,3)52-37(48)25-35(33-24-31(26-43-27-33)10-9-29-11-14-34(15-12-29)51-23-19-42)44-38(49)32-8-7-20-46(28-32)36(47)16-13-30-17-21-45(22-18-30)39(50)53-41(4,5)6/h11-12,14-15,24,26-27,30,32,35H,7-8,13,16-23,25,28H2,1-6H3,(H,44,49). The number of nitrogens with zero attached hydrogens (tertiary/aromatic N) is 3.